The Hall–Kier alpha value is -3.15. The smallest absolute Gasteiger partial charge is 0.317 e. The van der Waals surface area contributed by atoms with Gasteiger partial charge in [-0.3, -0.25) is 4.79 Å². The Labute approximate surface area is 138 Å². The minimum atomic E-state index is -0.419. The highest BCUT2D eigenvalue weighted by Crippen LogP contribution is 2.34. The lowest BCUT2D eigenvalue weighted by Gasteiger charge is -2.07. The number of nitrogens with zero attached hydrogens (tertiary/aromatic N) is 2. The Balaban J connectivity index is 1.41. The first-order chi connectivity index (χ1) is 11.8. The molecular weight excluding hydrogens is 308 g/mol. The third-order valence-corrected chi connectivity index (χ3v) is 3.81. The van der Waals surface area contributed by atoms with E-state index in [1.54, 1.807) is 0 Å². The van der Waals surface area contributed by atoms with Crippen LogP contribution in [0.25, 0.3) is 11.5 Å². The summed E-state index contributed by atoms with van der Waals surface area (Å²) in [5.74, 6) is 0.603. The highest BCUT2D eigenvalue weighted by molar-refractivity contribution is 5.80. The average molecular weight is 322 g/mol. The first-order valence-electron chi connectivity index (χ1n) is 7.57. The summed E-state index contributed by atoms with van der Waals surface area (Å²) >= 11 is 0. The molecule has 3 aromatic rings. The normalized spacial score (nSPS) is 15.6. The summed E-state index contributed by atoms with van der Waals surface area (Å²) in [5.41, 5.74) is 1.67. The molecule has 0 amide bonds. The fraction of sp³-hybridized carbons (Fsp3) is 0.167. The molecule has 0 saturated carbocycles. The van der Waals surface area contributed by atoms with E-state index in [1.807, 2.05) is 54.6 Å². The van der Waals surface area contributed by atoms with Gasteiger partial charge >= 0.3 is 5.97 Å². The van der Waals surface area contributed by atoms with Crippen LogP contribution in [0.1, 0.15) is 17.4 Å². The van der Waals surface area contributed by atoms with Crippen molar-refractivity contribution in [3.8, 4) is 17.2 Å². The number of benzene rings is 2. The predicted octanol–water partition coefficient (Wildman–Crippen LogP) is 2.96. The predicted molar refractivity (Wildman–Crippen MR) is 84.2 cm³/mol. The van der Waals surface area contributed by atoms with Crippen LogP contribution >= 0.6 is 0 Å². The van der Waals surface area contributed by atoms with Crippen LogP contribution in [0.2, 0.25) is 0 Å². The number of hydrogen-bond donors (Lipinski definition) is 0. The molecule has 1 unspecified atom stereocenters. The number of esters is 1. The highest BCUT2D eigenvalue weighted by atomic mass is 16.5. The van der Waals surface area contributed by atoms with Crippen LogP contribution in [-0.4, -0.2) is 22.8 Å². The molecule has 6 nitrogen and oxygen atoms in total. The van der Waals surface area contributed by atoms with Crippen LogP contribution in [0.5, 0.6) is 5.75 Å². The maximum atomic E-state index is 12.3. The summed E-state index contributed by atoms with van der Waals surface area (Å²) in [6, 6.07) is 16.9. The van der Waals surface area contributed by atoms with E-state index in [0.29, 0.717) is 5.89 Å². The SMILES string of the molecule is O=C(OCc1nnc(-c2ccccc2)o1)C1COc2ccccc21. The average Bonchev–Trinajstić information content (AvgIpc) is 3.27. The van der Waals surface area contributed by atoms with Crippen molar-refractivity contribution in [2.45, 2.75) is 12.5 Å². The number of carbonyl (C=O) groups excluding carboxylic acids is 1. The Morgan fingerprint density at radius 3 is 2.75 bits per heavy atom. The van der Waals surface area contributed by atoms with Crippen LogP contribution in [0.3, 0.4) is 0 Å². The summed E-state index contributed by atoms with van der Waals surface area (Å²) in [5, 5.41) is 7.88. The molecule has 0 aliphatic carbocycles. The van der Waals surface area contributed by atoms with E-state index in [-0.39, 0.29) is 25.1 Å². The zero-order valence-corrected chi connectivity index (χ0v) is 12.7. The van der Waals surface area contributed by atoms with Gasteiger partial charge in [0.15, 0.2) is 6.61 Å². The summed E-state index contributed by atoms with van der Waals surface area (Å²) in [7, 11) is 0. The first-order valence-corrected chi connectivity index (χ1v) is 7.57. The monoisotopic (exact) mass is 322 g/mol. The highest BCUT2D eigenvalue weighted by Gasteiger charge is 2.31. The quantitative estimate of drug-likeness (QED) is 0.688. The van der Waals surface area contributed by atoms with E-state index in [0.717, 1.165) is 16.9 Å². The Bertz CT molecular complexity index is 860. The Kier molecular flexibility index (Phi) is 3.70. The Morgan fingerprint density at radius 1 is 1.08 bits per heavy atom. The van der Waals surface area contributed by atoms with Gasteiger partial charge in [-0.05, 0) is 18.2 Å². The molecule has 0 N–H and O–H groups in total. The fourth-order valence-corrected chi connectivity index (χ4v) is 2.60. The van der Waals surface area contributed by atoms with Crippen molar-refractivity contribution in [2.75, 3.05) is 6.61 Å². The van der Waals surface area contributed by atoms with Gasteiger partial charge in [-0.15, -0.1) is 10.2 Å². The maximum absolute atomic E-state index is 12.3. The molecule has 1 aliphatic heterocycles. The Morgan fingerprint density at radius 2 is 1.88 bits per heavy atom. The third-order valence-electron chi connectivity index (χ3n) is 3.81. The van der Waals surface area contributed by atoms with E-state index in [2.05, 4.69) is 10.2 Å². The van der Waals surface area contributed by atoms with Gasteiger partial charge in [-0.2, -0.15) is 0 Å². The molecule has 0 spiro atoms. The molecule has 2 aromatic carbocycles. The topological polar surface area (TPSA) is 74.5 Å². The van der Waals surface area contributed by atoms with Crippen molar-refractivity contribution in [3.05, 3.63) is 66.1 Å². The van der Waals surface area contributed by atoms with Gasteiger partial charge in [0.05, 0.1) is 0 Å². The van der Waals surface area contributed by atoms with Crippen LogP contribution in [-0.2, 0) is 16.1 Å². The molecule has 1 aromatic heterocycles. The number of carbonyl (C=O) groups is 1. The van der Waals surface area contributed by atoms with Gasteiger partial charge in [0.1, 0.15) is 18.3 Å². The van der Waals surface area contributed by atoms with Crippen LogP contribution in [0, 0.1) is 0 Å². The third kappa shape index (κ3) is 2.74. The summed E-state index contributed by atoms with van der Waals surface area (Å²) in [6.07, 6.45) is 0. The molecule has 0 bridgehead atoms. The van der Waals surface area contributed by atoms with Crippen molar-refractivity contribution in [1.29, 1.82) is 0 Å². The van der Waals surface area contributed by atoms with Crippen molar-refractivity contribution in [1.82, 2.24) is 10.2 Å². The summed E-state index contributed by atoms with van der Waals surface area (Å²) < 4.78 is 16.3. The van der Waals surface area contributed by atoms with E-state index >= 15 is 0 Å². The van der Waals surface area contributed by atoms with E-state index < -0.39 is 5.92 Å². The minimum absolute atomic E-state index is 0.0582. The van der Waals surface area contributed by atoms with Gasteiger partial charge < -0.3 is 13.9 Å². The van der Waals surface area contributed by atoms with Gasteiger partial charge in [-0.1, -0.05) is 36.4 Å². The van der Waals surface area contributed by atoms with Crippen molar-refractivity contribution in [3.63, 3.8) is 0 Å². The number of hydrogen-bond acceptors (Lipinski definition) is 6. The largest absolute Gasteiger partial charge is 0.492 e. The van der Waals surface area contributed by atoms with Gasteiger partial charge in [0.25, 0.3) is 5.89 Å². The zero-order chi connectivity index (χ0) is 16.4. The zero-order valence-electron chi connectivity index (χ0n) is 12.7. The van der Waals surface area contributed by atoms with Crippen LogP contribution < -0.4 is 4.74 Å². The molecule has 2 heterocycles. The molecule has 0 fully saturated rings. The fourth-order valence-electron chi connectivity index (χ4n) is 2.60. The molecule has 4 rings (SSSR count). The lowest BCUT2D eigenvalue weighted by atomic mass is 10.0. The second-order valence-corrected chi connectivity index (χ2v) is 5.38. The van der Waals surface area contributed by atoms with E-state index in [4.69, 9.17) is 13.9 Å². The summed E-state index contributed by atoms with van der Waals surface area (Å²) in [6.45, 7) is 0.231. The molecular formula is C18H14N2O4. The number of fused-ring (bicyclic) bond motifs is 1. The second kappa shape index (κ2) is 6.16. The molecule has 24 heavy (non-hydrogen) atoms. The molecule has 1 atom stereocenters. The molecule has 0 saturated heterocycles. The van der Waals surface area contributed by atoms with Crippen molar-refractivity contribution < 1.29 is 18.7 Å². The number of aromatic nitrogens is 2. The summed E-state index contributed by atoms with van der Waals surface area (Å²) in [4.78, 5) is 12.3. The molecule has 120 valence electrons. The van der Waals surface area contributed by atoms with Crippen LogP contribution in [0.4, 0.5) is 0 Å². The van der Waals surface area contributed by atoms with E-state index in [1.165, 1.54) is 0 Å². The second-order valence-electron chi connectivity index (χ2n) is 5.38. The lowest BCUT2D eigenvalue weighted by molar-refractivity contribution is -0.147. The van der Waals surface area contributed by atoms with Crippen molar-refractivity contribution >= 4 is 5.97 Å². The lowest BCUT2D eigenvalue weighted by Crippen LogP contribution is -2.17. The number of rotatable bonds is 4. The van der Waals surface area contributed by atoms with Crippen molar-refractivity contribution in [2.24, 2.45) is 0 Å². The standard InChI is InChI=1S/C18H14N2O4/c21-18(14-10-22-15-9-5-4-8-13(14)15)23-11-16-19-20-17(24-16)12-6-2-1-3-7-12/h1-9,14H,10-11H2. The number of para-hydroxylation sites is 1. The van der Waals surface area contributed by atoms with E-state index in [9.17, 15) is 4.79 Å². The van der Waals surface area contributed by atoms with Gasteiger partial charge in [0, 0.05) is 11.1 Å². The van der Waals surface area contributed by atoms with Crippen LogP contribution in [0.15, 0.2) is 59.0 Å². The van der Waals surface area contributed by atoms with Gasteiger partial charge in [0.2, 0.25) is 5.89 Å². The minimum Gasteiger partial charge on any atom is -0.492 e. The molecule has 0 radical (unpaired) electrons. The number of ether oxygens (including phenoxy) is 2. The first kappa shape index (κ1) is 14.4. The van der Waals surface area contributed by atoms with Gasteiger partial charge in [-0.25, -0.2) is 0 Å². The molecule has 6 heteroatoms. The maximum Gasteiger partial charge on any atom is 0.317 e. The molecule has 1 aliphatic rings.